The first-order valence-corrected chi connectivity index (χ1v) is 9.76. The molecule has 0 saturated carbocycles. The fourth-order valence-corrected chi connectivity index (χ4v) is 4.23. The molecule has 1 N–H and O–H groups in total. The second kappa shape index (κ2) is 7.06. The number of benzene rings is 2. The number of furan rings is 1. The van der Waals surface area contributed by atoms with Crippen LogP contribution in [-0.4, -0.2) is 42.6 Å². The second-order valence-corrected chi connectivity index (χ2v) is 7.35. The molecule has 0 radical (unpaired) electrons. The zero-order valence-electron chi connectivity index (χ0n) is 15.7. The van der Waals surface area contributed by atoms with E-state index >= 15 is 0 Å². The van der Waals surface area contributed by atoms with Crippen LogP contribution in [0.15, 0.2) is 59.3 Å². The Labute approximate surface area is 163 Å². The lowest BCUT2D eigenvalue weighted by molar-refractivity contribution is 0.261. The Balaban J connectivity index is 1.26. The summed E-state index contributed by atoms with van der Waals surface area (Å²) >= 11 is 0. The number of rotatable bonds is 4. The molecule has 0 aliphatic carbocycles. The van der Waals surface area contributed by atoms with Crippen molar-refractivity contribution >= 4 is 27.6 Å². The zero-order chi connectivity index (χ0) is 18.9. The third-order valence-corrected chi connectivity index (χ3v) is 5.78. The van der Waals surface area contributed by atoms with Gasteiger partial charge in [0.1, 0.15) is 11.7 Å². The van der Waals surface area contributed by atoms with Crippen LogP contribution >= 0.6 is 0 Å². The van der Waals surface area contributed by atoms with Gasteiger partial charge in [0, 0.05) is 60.9 Å². The number of fused-ring (bicyclic) bond motifs is 2. The van der Waals surface area contributed by atoms with E-state index in [1.54, 1.807) is 6.20 Å². The number of nitriles is 1. The fraction of sp³-hybridized carbons (Fsp3) is 0.261. The van der Waals surface area contributed by atoms with Crippen molar-refractivity contribution in [1.82, 2.24) is 9.88 Å². The van der Waals surface area contributed by atoms with E-state index in [0.717, 1.165) is 66.9 Å². The molecule has 0 amide bonds. The predicted octanol–water partition coefficient (Wildman–Crippen LogP) is 4.15. The number of aromatic nitrogens is 1. The first-order chi connectivity index (χ1) is 13.8. The molecule has 1 aliphatic heterocycles. The van der Waals surface area contributed by atoms with Crippen molar-refractivity contribution in [1.29, 1.82) is 5.26 Å². The smallest absolute Gasteiger partial charge is 0.134 e. The average Bonchev–Trinajstić information content (AvgIpc) is 3.36. The van der Waals surface area contributed by atoms with E-state index in [1.165, 1.54) is 10.9 Å². The molecule has 1 aliphatic rings. The number of nitrogens with zero attached hydrogens (tertiary/aromatic N) is 3. The van der Waals surface area contributed by atoms with Gasteiger partial charge in [-0.05, 0) is 30.2 Å². The van der Waals surface area contributed by atoms with E-state index in [2.05, 4.69) is 45.1 Å². The van der Waals surface area contributed by atoms with Gasteiger partial charge in [-0.2, -0.15) is 5.26 Å². The predicted molar refractivity (Wildman–Crippen MR) is 112 cm³/mol. The van der Waals surface area contributed by atoms with E-state index in [0.29, 0.717) is 0 Å². The summed E-state index contributed by atoms with van der Waals surface area (Å²) in [5.74, 6) is 0. The van der Waals surface area contributed by atoms with E-state index in [-0.39, 0.29) is 0 Å². The minimum Gasteiger partial charge on any atom is -0.464 e. The summed E-state index contributed by atoms with van der Waals surface area (Å²) in [6.07, 6.45) is 4.71. The van der Waals surface area contributed by atoms with E-state index in [4.69, 9.17) is 4.42 Å². The molecule has 0 bridgehead atoms. The molecule has 5 rings (SSSR count). The highest BCUT2D eigenvalue weighted by Crippen LogP contribution is 2.30. The first-order valence-electron chi connectivity index (χ1n) is 9.76. The molecule has 5 heteroatoms. The van der Waals surface area contributed by atoms with Gasteiger partial charge in [-0.3, -0.25) is 4.90 Å². The minimum atomic E-state index is 0.722. The molecule has 4 aromatic rings. The molecular weight excluding hydrogens is 348 g/mol. The Bertz CT molecular complexity index is 1160. The molecule has 140 valence electrons. The number of H-pyrrole nitrogens is 1. The minimum absolute atomic E-state index is 0.722. The highest BCUT2D eigenvalue weighted by Gasteiger charge is 2.20. The van der Waals surface area contributed by atoms with Crippen LogP contribution in [0.1, 0.15) is 11.1 Å². The Morgan fingerprint density at radius 2 is 1.89 bits per heavy atom. The van der Waals surface area contributed by atoms with E-state index in [9.17, 15) is 5.26 Å². The summed E-state index contributed by atoms with van der Waals surface area (Å²) in [6, 6.07) is 16.8. The maximum absolute atomic E-state index is 9.42. The molecule has 1 saturated heterocycles. The monoisotopic (exact) mass is 370 g/mol. The number of anilines is 1. The maximum atomic E-state index is 9.42. The number of aromatic amines is 1. The average molecular weight is 370 g/mol. The second-order valence-electron chi connectivity index (χ2n) is 7.35. The lowest BCUT2D eigenvalue weighted by atomic mass is 10.1. The largest absolute Gasteiger partial charge is 0.464 e. The van der Waals surface area contributed by atoms with Gasteiger partial charge in [0.15, 0.2) is 0 Å². The molecular formula is C23H22N4O. The van der Waals surface area contributed by atoms with Crippen LogP contribution in [0.3, 0.4) is 0 Å². The maximum Gasteiger partial charge on any atom is 0.134 e. The van der Waals surface area contributed by atoms with Crippen molar-refractivity contribution in [2.75, 3.05) is 37.6 Å². The van der Waals surface area contributed by atoms with Gasteiger partial charge in [0.2, 0.25) is 0 Å². The Hall–Kier alpha value is -3.23. The van der Waals surface area contributed by atoms with Crippen molar-refractivity contribution in [3.05, 3.63) is 66.1 Å². The number of para-hydroxylation sites is 1. The van der Waals surface area contributed by atoms with E-state index < -0.39 is 0 Å². The standard InChI is InChI=1S/C23H22N4O/c24-14-18-15-25-20-5-3-6-21(23(18)20)27-12-10-26(11-13-27)9-8-17-16-28-22-7-2-1-4-19(17)22/h1-7,15-16,25H,8-13H2. The summed E-state index contributed by atoms with van der Waals surface area (Å²) in [4.78, 5) is 8.13. The van der Waals surface area contributed by atoms with Crippen LogP contribution in [-0.2, 0) is 6.42 Å². The highest BCUT2D eigenvalue weighted by molar-refractivity contribution is 5.97. The summed E-state index contributed by atoms with van der Waals surface area (Å²) in [5.41, 5.74) is 5.17. The van der Waals surface area contributed by atoms with Crippen molar-refractivity contribution in [2.24, 2.45) is 0 Å². The molecule has 2 aromatic heterocycles. The molecule has 5 nitrogen and oxygen atoms in total. The lowest BCUT2D eigenvalue weighted by Crippen LogP contribution is -2.47. The molecule has 2 aromatic carbocycles. The molecule has 28 heavy (non-hydrogen) atoms. The van der Waals surface area contributed by atoms with Gasteiger partial charge in [-0.15, -0.1) is 0 Å². The molecule has 0 unspecified atom stereocenters. The van der Waals surface area contributed by atoms with Crippen LogP contribution in [0.4, 0.5) is 5.69 Å². The van der Waals surface area contributed by atoms with Gasteiger partial charge >= 0.3 is 0 Å². The molecule has 1 fully saturated rings. The third-order valence-electron chi connectivity index (χ3n) is 5.78. The Morgan fingerprint density at radius 3 is 2.75 bits per heavy atom. The topological polar surface area (TPSA) is 59.2 Å². The highest BCUT2D eigenvalue weighted by atomic mass is 16.3. The molecule has 0 spiro atoms. The van der Waals surface area contributed by atoms with Crippen LogP contribution in [0.2, 0.25) is 0 Å². The van der Waals surface area contributed by atoms with Crippen LogP contribution in [0.5, 0.6) is 0 Å². The van der Waals surface area contributed by atoms with Crippen LogP contribution in [0.25, 0.3) is 21.9 Å². The molecule has 0 atom stereocenters. The molecule has 3 heterocycles. The third kappa shape index (κ3) is 2.92. The first kappa shape index (κ1) is 16.9. The van der Waals surface area contributed by atoms with Crippen LogP contribution < -0.4 is 4.90 Å². The van der Waals surface area contributed by atoms with Gasteiger partial charge in [0.05, 0.1) is 11.8 Å². The number of nitrogens with one attached hydrogen (secondary N) is 1. The van der Waals surface area contributed by atoms with Gasteiger partial charge < -0.3 is 14.3 Å². The number of piperazine rings is 1. The zero-order valence-corrected chi connectivity index (χ0v) is 15.7. The fourth-order valence-electron chi connectivity index (χ4n) is 4.23. The normalized spacial score (nSPS) is 15.3. The van der Waals surface area contributed by atoms with Gasteiger partial charge in [0.25, 0.3) is 0 Å². The summed E-state index contributed by atoms with van der Waals surface area (Å²) in [7, 11) is 0. The summed E-state index contributed by atoms with van der Waals surface area (Å²) < 4.78 is 5.66. The van der Waals surface area contributed by atoms with E-state index in [1.807, 2.05) is 24.5 Å². The summed E-state index contributed by atoms with van der Waals surface area (Å²) in [5, 5.41) is 11.7. The van der Waals surface area contributed by atoms with Crippen molar-refractivity contribution in [2.45, 2.75) is 6.42 Å². The quantitative estimate of drug-likeness (QED) is 0.586. The van der Waals surface area contributed by atoms with Crippen molar-refractivity contribution < 1.29 is 4.42 Å². The Morgan fingerprint density at radius 1 is 1.04 bits per heavy atom. The SMILES string of the molecule is N#Cc1c[nH]c2cccc(N3CCN(CCc4coc5ccccc45)CC3)c12. The van der Waals surface area contributed by atoms with Crippen LogP contribution in [0, 0.1) is 11.3 Å². The number of hydrogen-bond donors (Lipinski definition) is 1. The van der Waals surface area contributed by atoms with Gasteiger partial charge in [-0.25, -0.2) is 0 Å². The van der Waals surface area contributed by atoms with Gasteiger partial charge in [-0.1, -0.05) is 24.3 Å². The van der Waals surface area contributed by atoms with Crippen molar-refractivity contribution in [3.8, 4) is 6.07 Å². The van der Waals surface area contributed by atoms with Crippen molar-refractivity contribution in [3.63, 3.8) is 0 Å². The lowest BCUT2D eigenvalue weighted by Gasteiger charge is -2.36. The summed E-state index contributed by atoms with van der Waals surface area (Å²) in [6.45, 7) is 5.04. The Kier molecular flexibility index (Phi) is 4.27. The number of hydrogen-bond acceptors (Lipinski definition) is 4.